The summed E-state index contributed by atoms with van der Waals surface area (Å²) in [6.45, 7) is 7.69. The lowest BCUT2D eigenvalue weighted by Gasteiger charge is -2.14. The minimum atomic E-state index is -0.527. The largest absolute Gasteiger partial charge is 0.404 e. The van der Waals surface area contributed by atoms with Crippen LogP contribution in [0.4, 0.5) is 11.6 Å². The van der Waals surface area contributed by atoms with Gasteiger partial charge in [-0.25, -0.2) is 9.97 Å². The van der Waals surface area contributed by atoms with Crippen LogP contribution in [-0.4, -0.2) is 15.9 Å². The first-order chi connectivity index (χ1) is 13.3. The van der Waals surface area contributed by atoms with Crippen LogP contribution in [0.5, 0.6) is 0 Å². The molecule has 0 atom stereocenters. The predicted molar refractivity (Wildman–Crippen MR) is 108 cm³/mol. The third-order valence-electron chi connectivity index (χ3n) is 4.16. The van der Waals surface area contributed by atoms with E-state index in [-0.39, 0.29) is 12.7 Å². The van der Waals surface area contributed by atoms with Gasteiger partial charge < -0.3 is 10.1 Å². The van der Waals surface area contributed by atoms with Gasteiger partial charge in [-0.3, -0.25) is 4.79 Å². The molecule has 0 aliphatic heterocycles. The minimum absolute atomic E-state index is 0.156. The molecule has 0 radical (unpaired) electrons. The number of hydrogen-bond donors (Lipinski definition) is 1. The Morgan fingerprint density at radius 2 is 1.93 bits per heavy atom. The van der Waals surface area contributed by atoms with Crippen LogP contribution in [0.25, 0.3) is 11.3 Å². The Hall–Kier alpha value is -3.28. The predicted octanol–water partition coefficient (Wildman–Crippen LogP) is 4.03. The summed E-state index contributed by atoms with van der Waals surface area (Å²) in [5, 5.41) is 3.26. The molecular weight excluding hydrogens is 352 g/mol. The van der Waals surface area contributed by atoms with E-state index in [4.69, 9.17) is 4.74 Å². The molecule has 28 heavy (non-hydrogen) atoms. The number of carbonyl (C=O) groups is 1. The second-order valence-corrected chi connectivity index (χ2v) is 7.62. The molecule has 0 saturated heterocycles. The number of pyridine rings is 1. The van der Waals surface area contributed by atoms with E-state index >= 15 is 0 Å². The highest BCUT2D eigenvalue weighted by Crippen LogP contribution is 2.20. The molecule has 6 heteroatoms. The number of anilines is 2. The fraction of sp³-hybridized carbons (Fsp3) is 0.273. The maximum atomic E-state index is 12.0. The van der Waals surface area contributed by atoms with E-state index in [0.717, 1.165) is 22.5 Å². The van der Waals surface area contributed by atoms with Crippen LogP contribution >= 0.6 is 0 Å². The number of aryl methyl sites for hydroxylation is 1. The number of nitrogens with one attached hydrogen (secondary N) is 1. The highest BCUT2D eigenvalue weighted by Gasteiger charge is 2.24. The summed E-state index contributed by atoms with van der Waals surface area (Å²) in [4.78, 5) is 20.9. The molecule has 0 spiro atoms. The highest BCUT2D eigenvalue weighted by atomic mass is 16.5. The summed E-state index contributed by atoms with van der Waals surface area (Å²) >= 11 is 0. The lowest BCUT2D eigenvalue weighted by molar-refractivity contribution is -0.727. The van der Waals surface area contributed by atoms with Crippen molar-refractivity contribution < 1.29 is 14.1 Å². The van der Waals surface area contributed by atoms with Gasteiger partial charge in [-0.15, -0.1) is 0 Å². The molecule has 2 aromatic heterocycles. The second kappa shape index (κ2) is 8.17. The molecule has 1 aromatic carbocycles. The average molecular weight is 377 g/mol. The Labute approximate surface area is 165 Å². The first-order valence-electron chi connectivity index (χ1n) is 9.15. The van der Waals surface area contributed by atoms with E-state index in [0.29, 0.717) is 5.95 Å². The molecule has 3 aromatic rings. The SMILES string of the molecule is Cc1ccccc1Nc1nccc(-c2ccc[n+](COC(=O)C(C)(C)C)c2)n1. The van der Waals surface area contributed by atoms with Crippen LogP contribution in [0.3, 0.4) is 0 Å². The van der Waals surface area contributed by atoms with Crippen LogP contribution in [0.2, 0.25) is 0 Å². The molecule has 144 valence electrons. The Morgan fingerprint density at radius 1 is 1.14 bits per heavy atom. The van der Waals surface area contributed by atoms with E-state index in [1.54, 1.807) is 6.20 Å². The summed E-state index contributed by atoms with van der Waals surface area (Å²) in [5.74, 6) is 0.290. The van der Waals surface area contributed by atoms with Crippen molar-refractivity contribution in [1.82, 2.24) is 9.97 Å². The number of hydrogen-bond acceptors (Lipinski definition) is 5. The van der Waals surface area contributed by atoms with Gasteiger partial charge in [-0.1, -0.05) is 18.2 Å². The molecule has 0 unspecified atom stereocenters. The maximum Gasteiger partial charge on any atom is 0.316 e. The van der Waals surface area contributed by atoms with Gasteiger partial charge >= 0.3 is 5.97 Å². The van der Waals surface area contributed by atoms with E-state index < -0.39 is 5.41 Å². The van der Waals surface area contributed by atoms with Crippen LogP contribution in [0, 0.1) is 12.3 Å². The van der Waals surface area contributed by atoms with E-state index in [1.807, 2.05) is 87.1 Å². The molecule has 0 aliphatic rings. The van der Waals surface area contributed by atoms with Crippen molar-refractivity contribution in [3.8, 4) is 11.3 Å². The van der Waals surface area contributed by atoms with Gasteiger partial charge in [0.15, 0.2) is 12.4 Å². The fourth-order valence-corrected chi connectivity index (χ4v) is 2.52. The molecule has 1 N–H and O–H groups in total. The molecule has 2 heterocycles. The smallest absolute Gasteiger partial charge is 0.316 e. The Kier molecular flexibility index (Phi) is 5.68. The van der Waals surface area contributed by atoms with Crippen molar-refractivity contribution in [1.29, 1.82) is 0 Å². The summed E-state index contributed by atoms with van der Waals surface area (Å²) in [6.07, 6.45) is 5.48. The average Bonchev–Trinajstić information content (AvgIpc) is 2.67. The summed E-state index contributed by atoms with van der Waals surface area (Å²) < 4.78 is 7.19. The number of nitrogens with zero attached hydrogens (tertiary/aromatic N) is 3. The van der Waals surface area contributed by atoms with Gasteiger partial charge in [0.2, 0.25) is 5.95 Å². The second-order valence-electron chi connectivity index (χ2n) is 7.62. The number of carbonyl (C=O) groups excluding carboxylic acids is 1. The van der Waals surface area contributed by atoms with Crippen LogP contribution < -0.4 is 9.88 Å². The minimum Gasteiger partial charge on any atom is -0.404 e. The number of rotatable bonds is 5. The Morgan fingerprint density at radius 3 is 2.68 bits per heavy atom. The first kappa shape index (κ1) is 19.5. The third kappa shape index (κ3) is 4.91. The molecule has 0 fully saturated rings. The third-order valence-corrected chi connectivity index (χ3v) is 4.16. The maximum absolute atomic E-state index is 12.0. The lowest BCUT2D eigenvalue weighted by atomic mass is 9.98. The number of ether oxygens (including phenoxy) is 1. The van der Waals surface area contributed by atoms with Crippen LogP contribution in [0.15, 0.2) is 61.1 Å². The Balaban J connectivity index is 1.77. The first-order valence-corrected chi connectivity index (χ1v) is 9.15. The zero-order valence-corrected chi connectivity index (χ0v) is 16.6. The number of esters is 1. The molecule has 0 amide bonds. The number of benzene rings is 1. The zero-order chi connectivity index (χ0) is 20.1. The van der Waals surface area contributed by atoms with Gasteiger partial charge in [0.05, 0.1) is 16.7 Å². The zero-order valence-electron chi connectivity index (χ0n) is 16.6. The lowest BCUT2D eigenvalue weighted by Crippen LogP contribution is -2.37. The number of para-hydroxylation sites is 1. The number of aromatic nitrogens is 3. The topological polar surface area (TPSA) is 68.0 Å². The molecule has 6 nitrogen and oxygen atoms in total. The van der Waals surface area contributed by atoms with Gasteiger partial charge in [-0.05, 0) is 51.5 Å². The standard InChI is InChI=1S/C22H25N4O2/c1-16-8-5-6-10-18(16)24-21-23-12-11-19(25-21)17-9-7-13-26(14-17)15-28-20(27)22(2,3)4/h5-14H,15H2,1-4H3,(H,23,24,25)/q+1. The summed E-state index contributed by atoms with van der Waals surface area (Å²) in [7, 11) is 0. The summed E-state index contributed by atoms with van der Waals surface area (Å²) in [5.41, 5.74) is 3.25. The van der Waals surface area contributed by atoms with Gasteiger partial charge in [0, 0.05) is 18.0 Å². The van der Waals surface area contributed by atoms with Crippen molar-refractivity contribution in [3.05, 3.63) is 66.6 Å². The Bertz CT molecular complexity index is 980. The van der Waals surface area contributed by atoms with Crippen molar-refractivity contribution in [2.75, 3.05) is 5.32 Å². The van der Waals surface area contributed by atoms with Gasteiger partial charge in [0.25, 0.3) is 6.73 Å². The highest BCUT2D eigenvalue weighted by molar-refractivity contribution is 5.75. The van der Waals surface area contributed by atoms with Crippen LogP contribution in [-0.2, 0) is 16.3 Å². The normalized spacial score (nSPS) is 11.1. The van der Waals surface area contributed by atoms with E-state index in [2.05, 4.69) is 15.3 Å². The van der Waals surface area contributed by atoms with E-state index in [9.17, 15) is 4.79 Å². The molecule has 0 aliphatic carbocycles. The van der Waals surface area contributed by atoms with Crippen LogP contribution in [0.1, 0.15) is 26.3 Å². The molecule has 0 saturated carbocycles. The molecule has 3 rings (SSSR count). The molecule has 0 bridgehead atoms. The van der Waals surface area contributed by atoms with Crippen molar-refractivity contribution >= 4 is 17.6 Å². The monoisotopic (exact) mass is 377 g/mol. The van der Waals surface area contributed by atoms with E-state index in [1.165, 1.54) is 0 Å². The quantitative estimate of drug-likeness (QED) is 0.537. The van der Waals surface area contributed by atoms with Crippen molar-refractivity contribution in [2.24, 2.45) is 5.41 Å². The molecular formula is C22H25N4O2+. The van der Waals surface area contributed by atoms with Gasteiger partial charge in [-0.2, -0.15) is 4.57 Å². The van der Waals surface area contributed by atoms with Gasteiger partial charge in [0.1, 0.15) is 0 Å². The van der Waals surface area contributed by atoms with Crippen molar-refractivity contribution in [2.45, 2.75) is 34.4 Å². The summed E-state index contributed by atoms with van der Waals surface area (Å²) in [6, 6.07) is 13.7. The van der Waals surface area contributed by atoms with Crippen molar-refractivity contribution in [3.63, 3.8) is 0 Å². The fourth-order valence-electron chi connectivity index (χ4n) is 2.52.